The number of esters is 1. The van der Waals surface area contributed by atoms with Crippen LogP contribution in [0.4, 0.5) is 0 Å². The third kappa shape index (κ3) is 8.86. The van der Waals surface area contributed by atoms with Gasteiger partial charge in [-0.15, -0.1) is 0 Å². The van der Waals surface area contributed by atoms with Gasteiger partial charge < -0.3 is 9.84 Å². The lowest BCUT2D eigenvalue weighted by Crippen LogP contribution is -2.19. The van der Waals surface area contributed by atoms with Crippen LogP contribution in [0.15, 0.2) is 12.3 Å². The molecule has 0 amide bonds. The van der Waals surface area contributed by atoms with E-state index in [4.69, 9.17) is 4.74 Å². The summed E-state index contributed by atoms with van der Waals surface area (Å²) in [6, 6.07) is 0. The van der Waals surface area contributed by atoms with Gasteiger partial charge in [-0.3, -0.25) is 4.79 Å². The topological polar surface area (TPSA) is 46.5 Å². The van der Waals surface area contributed by atoms with E-state index in [0.717, 1.165) is 19.3 Å². The molecule has 2 atom stereocenters. The fraction of sp³-hybridized carbons (Fsp3) is 0.857. The molecule has 1 saturated heterocycles. The van der Waals surface area contributed by atoms with E-state index in [0.29, 0.717) is 0 Å². The van der Waals surface area contributed by atoms with Gasteiger partial charge >= 0.3 is 5.97 Å². The Morgan fingerprint density at radius 2 is 1.25 bits per heavy atom. The summed E-state index contributed by atoms with van der Waals surface area (Å²) in [5.41, 5.74) is 0. The van der Waals surface area contributed by atoms with Crippen molar-refractivity contribution in [1.29, 1.82) is 0 Å². The summed E-state index contributed by atoms with van der Waals surface area (Å²) in [5, 5.41) is 9.79. The van der Waals surface area contributed by atoms with Gasteiger partial charge in [0.25, 0.3) is 0 Å². The molecule has 0 saturated carbocycles. The molecule has 1 aliphatic heterocycles. The zero-order valence-corrected chi connectivity index (χ0v) is 15.7. The molecule has 0 aliphatic carbocycles. The average molecular weight is 339 g/mol. The first kappa shape index (κ1) is 21.2. The monoisotopic (exact) mass is 338 g/mol. The number of unbranched alkanes of at least 4 members (excludes halogenated alkanes) is 13. The summed E-state index contributed by atoms with van der Waals surface area (Å²) in [4.78, 5) is 11.5. The smallest absolute Gasteiger partial charge is 0.317 e. The van der Waals surface area contributed by atoms with Crippen LogP contribution < -0.4 is 0 Å². The molecule has 0 bridgehead atoms. The van der Waals surface area contributed by atoms with Gasteiger partial charge in [0.1, 0.15) is 11.9 Å². The molecule has 0 aromatic rings. The summed E-state index contributed by atoms with van der Waals surface area (Å²) < 4.78 is 4.87. The van der Waals surface area contributed by atoms with Crippen molar-refractivity contribution in [2.45, 2.75) is 109 Å². The van der Waals surface area contributed by atoms with Crippen molar-refractivity contribution in [2.24, 2.45) is 5.92 Å². The highest BCUT2D eigenvalue weighted by Gasteiger charge is 2.38. The second kappa shape index (κ2) is 13.5. The molecule has 24 heavy (non-hydrogen) atoms. The molecule has 0 radical (unpaired) electrons. The molecule has 1 aliphatic rings. The number of aliphatic hydroxyl groups is 1. The number of aliphatic hydroxyl groups excluding tert-OH is 1. The maximum atomic E-state index is 11.5. The third-order valence-electron chi connectivity index (χ3n) is 5.11. The van der Waals surface area contributed by atoms with E-state index in [-0.39, 0.29) is 17.6 Å². The van der Waals surface area contributed by atoms with Crippen molar-refractivity contribution >= 4 is 5.97 Å². The van der Waals surface area contributed by atoms with E-state index in [1.54, 1.807) is 0 Å². The van der Waals surface area contributed by atoms with Crippen LogP contribution in [0.2, 0.25) is 0 Å². The summed E-state index contributed by atoms with van der Waals surface area (Å²) in [6.45, 7) is 5.83. The number of hydrogen-bond donors (Lipinski definition) is 1. The van der Waals surface area contributed by atoms with Gasteiger partial charge in [-0.25, -0.2) is 0 Å². The minimum absolute atomic E-state index is 0.218. The Bertz CT molecular complexity index is 351. The highest BCUT2D eigenvalue weighted by Crippen LogP contribution is 2.28. The highest BCUT2D eigenvalue weighted by atomic mass is 16.6. The van der Waals surface area contributed by atoms with Crippen LogP contribution in [0.3, 0.4) is 0 Å². The minimum atomic E-state index is -0.792. The van der Waals surface area contributed by atoms with Gasteiger partial charge in [0, 0.05) is 0 Å². The quantitative estimate of drug-likeness (QED) is 0.298. The van der Waals surface area contributed by atoms with Gasteiger partial charge in [0.15, 0.2) is 0 Å². The second-order valence-electron chi connectivity index (χ2n) is 7.32. The number of rotatable bonds is 15. The van der Waals surface area contributed by atoms with Crippen molar-refractivity contribution in [3.8, 4) is 0 Å². The zero-order valence-electron chi connectivity index (χ0n) is 15.7. The van der Waals surface area contributed by atoms with E-state index >= 15 is 0 Å². The molecule has 3 heteroatoms. The minimum Gasteiger partial charge on any atom is -0.429 e. The predicted octanol–water partition coefficient (Wildman–Crippen LogP) is 5.91. The maximum Gasteiger partial charge on any atom is 0.317 e. The molecule has 0 unspecified atom stereocenters. The summed E-state index contributed by atoms with van der Waals surface area (Å²) in [5.74, 6) is -0.465. The lowest BCUT2D eigenvalue weighted by Gasteiger charge is -2.09. The fourth-order valence-corrected chi connectivity index (χ4v) is 3.45. The lowest BCUT2D eigenvalue weighted by atomic mass is 9.96. The Balaban J connectivity index is 1.81. The number of carbonyl (C=O) groups excluding carboxylic acids is 1. The molecule has 0 aromatic heterocycles. The number of ether oxygens (including phenoxy) is 1. The first-order valence-corrected chi connectivity index (χ1v) is 10.3. The van der Waals surface area contributed by atoms with Gasteiger partial charge in [0.05, 0.1) is 5.92 Å². The summed E-state index contributed by atoms with van der Waals surface area (Å²) in [7, 11) is 0. The second-order valence-corrected chi connectivity index (χ2v) is 7.32. The Morgan fingerprint density at radius 3 is 1.62 bits per heavy atom. The molecule has 0 aromatic carbocycles. The van der Waals surface area contributed by atoms with Gasteiger partial charge in [-0.05, 0) is 6.42 Å². The zero-order chi connectivity index (χ0) is 17.6. The van der Waals surface area contributed by atoms with Crippen LogP contribution in [-0.4, -0.2) is 17.2 Å². The van der Waals surface area contributed by atoms with Crippen LogP contribution in [0.1, 0.15) is 103 Å². The molecule has 1 rings (SSSR count). The van der Waals surface area contributed by atoms with Gasteiger partial charge in [0.2, 0.25) is 0 Å². The number of hydrogen-bond acceptors (Lipinski definition) is 3. The Kier molecular flexibility index (Phi) is 11.9. The van der Waals surface area contributed by atoms with E-state index < -0.39 is 6.10 Å². The van der Waals surface area contributed by atoms with Crippen LogP contribution in [-0.2, 0) is 9.53 Å². The SMILES string of the molecule is C=C1OC(=O)[C@@H](CCCCCCCCCCCCCCCC)[C@H]1O. The molecule has 3 nitrogen and oxygen atoms in total. The highest BCUT2D eigenvalue weighted by molar-refractivity contribution is 5.77. The Hall–Kier alpha value is -0.830. The van der Waals surface area contributed by atoms with Crippen LogP contribution in [0.25, 0.3) is 0 Å². The predicted molar refractivity (Wildman–Crippen MR) is 99.7 cm³/mol. The molecular weight excluding hydrogens is 300 g/mol. The van der Waals surface area contributed by atoms with Crippen molar-refractivity contribution < 1.29 is 14.6 Å². The molecule has 1 heterocycles. The van der Waals surface area contributed by atoms with Crippen molar-refractivity contribution in [3.63, 3.8) is 0 Å². The molecule has 0 spiro atoms. The van der Waals surface area contributed by atoms with Crippen LogP contribution in [0.5, 0.6) is 0 Å². The number of cyclic esters (lactones) is 1. The summed E-state index contributed by atoms with van der Waals surface area (Å²) >= 11 is 0. The van der Waals surface area contributed by atoms with E-state index in [1.165, 1.54) is 77.0 Å². The standard InChI is InChI=1S/C21H38O3/c1-3-4-5-6-7-8-9-10-11-12-13-14-15-16-17-19-20(22)18(2)24-21(19)23/h19-20,22H,2-17H2,1H3/t19-,20-/m0/s1. The fourth-order valence-electron chi connectivity index (χ4n) is 3.45. The van der Waals surface area contributed by atoms with Gasteiger partial charge in [-0.1, -0.05) is 103 Å². The van der Waals surface area contributed by atoms with Gasteiger partial charge in [-0.2, -0.15) is 0 Å². The molecule has 1 fully saturated rings. The summed E-state index contributed by atoms with van der Waals surface area (Å²) in [6.07, 6.45) is 18.5. The maximum absolute atomic E-state index is 11.5. The largest absolute Gasteiger partial charge is 0.429 e. The molecule has 140 valence electrons. The van der Waals surface area contributed by atoms with E-state index in [9.17, 15) is 9.90 Å². The first-order chi connectivity index (χ1) is 11.7. The third-order valence-corrected chi connectivity index (χ3v) is 5.11. The normalized spacial score (nSPS) is 20.6. The van der Waals surface area contributed by atoms with E-state index in [1.807, 2.05) is 0 Å². The van der Waals surface area contributed by atoms with E-state index in [2.05, 4.69) is 13.5 Å². The lowest BCUT2D eigenvalue weighted by molar-refractivity contribution is -0.139. The van der Waals surface area contributed by atoms with Crippen molar-refractivity contribution in [3.05, 3.63) is 12.3 Å². The van der Waals surface area contributed by atoms with Crippen molar-refractivity contribution in [2.75, 3.05) is 0 Å². The Morgan fingerprint density at radius 1 is 0.833 bits per heavy atom. The van der Waals surface area contributed by atoms with Crippen LogP contribution >= 0.6 is 0 Å². The molecular formula is C21H38O3. The van der Waals surface area contributed by atoms with Crippen LogP contribution in [0, 0.1) is 5.92 Å². The van der Waals surface area contributed by atoms with Crippen molar-refractivity contribution in [1.82, 2.24) is 0 Å². The number of carbonyl (C=O) groups is 1. The molecule has 1 N–H and O–H groups in total. The Labute approximate surface area is 148 Å². The first-order valence-electron chi connectivity index (χ1n) is 10.3. The average Bonchev–Trinajstić information content (AvgIpc) is 2.81.